The smallest absolute Gasteiger partial charge is 0.264 e. The number of carbonyl (C=O) groups is 2. The van der Waals surface area contributed by atoms with Gasteiger partial charge in [-0.25, -0.2) is 9.97 Å². The summed E-state index contributed by atoms with van der Waals surface area (Å²) >= 11 is 1.38. The zero-order valence-corrected chi connectivity index (χ0v) is 16.8. The van der Waals surface area contributed by atoms with Gasteiger partial charge in [0.25, 0.3) is 5.91 Å². The van der Waals surface area contributed by atoms with Gasteiger partial charge >= 0.3 is 0 Å². The van der Waals surface area contributed by atoms with Gasteiger partial charge in [0.1, 0.15) is 17.1 Å². The van der Waals surface area contributed by atoms with Crippen LogP contribution in [0.15, 0.2) is 66.0 Å². The number of hydrogen-bond acceptors (Lipinski definition) is 6. The molecule has 0 bridgehead atoms. The summed E-state index contributed by atoms with van der Waals surface area (Å²) in [4.78, 5) is 35.0. The SMILES string of the molecule is CC(Sc1cc(-c2ccccc2)ncn1)C(=O)c1ccc2c(c1)N(C)C(=O)CO2. The van der Waals surface area contributed by atoms with E-state index in [-0.39, 0.29) is 23.5 Å². The number of ketones is 1. The number of fused-ring (bicyclic) bond motifs is 1. The first kappa shape index (κ1) is 19.1. The quantitative estimate of drug-likeness (QED) is 0.365. The number of rotatable bonds is 5. The lowest BCUT2D eigenvalue weighted by Gasteiger charge is -2.26. The fourth-order valence-corrected chi connectivity index (χ4v) is 3.96. The molecule has 6 nitrogen and oxygen atoms in total. The van der Waals surface area contributed by atoms with E-state index in [9.17, 15) is 9.59 Å². The van der Waals surface area contributed by atoms with Gasteiger partial charge in [-0.2, -0.15) is 0 Å². The molecule has 0 spiro atoms. The molecule has 2 heterocycles. The number of amides is 1. The number of benzene rings is 2. The van der Waals surface area contributed by atoms with Crippen molar-refractivity contribution >= 4 is 29.1 Å². The molecule has 29 heavy (non-hydrogen) atoms. The highest BCUT2D eigenvalue weighted by Gasteiger charge is 2.25. The molecule has 7 heteroatoms. The summed E-state index contributed by atoms with van der Waals surface area (Å²) in [6, 6.07) is 16.9. The van der Waals surface area contributed by atoms with Crippen LogP contribution in [0.25, 0.3) is 11.3 Å². The second-order valence-corrected chi connectivity index (χ2v) is 8.02. The molecule has 3 aromatic rings. The van der Waals surface area contributed by atoms with Gasteiger partial charge in [-0.15, -0.1) is 0 Å². The Balaban J connectivity index is 1.53. The van der Waals surface area contributed by atoms with Crippen LogP contribution in [0, 0.1) is 0 Å². The molecular weight excluding hydrogens is 386 g/mol. The minimum absolute atomic E-state index is 0.0144. The first-order valence-corrected chi connectivity index (χ1v) is 10.0. The Morgan fingerprint density at radius 3 is 2.72 bits per heavy atom. The van der Waals surface area contributed by atoms with Crippen molar-refractivity contribution in [1.82, 2.24) is 9.97 Å². The van der Waals surface area contributed by atoms with Crippen LogP contribution in [-0.4, -0.2) is 40.6 Å². The Hall–Kier alpha value is -3.19. The zero-order chi connectivity index (χ0) is 20.4. The third-order valence-corrected chi connectivity index (χ3v) is 5.74. The Kier molecular flexibility index (Phi) is 5.31. The Morgan fingerprint density at radius 2 is 1.93 bits per heavy atom. The fraction of sp³-hybridized carbons (Fsp3) is 0.182. The molecule has 146 valence electrons. The highest BCUT2D eigenvalue weighted by molar-refractivity contribution is 8.00. The molecule has 2 aromatic carbocycles. The summed E-state index contributed by atoms with van der Waals surface area (Å²) in [7, 11) is 1.68. The first-order chi connectivity index (χ1) is 14.0. The summed E-state index contributed by atoms with van der Waals surface area (Å²) < 4.78 is 5.43. The minimum atomic E-state index is -0.350. The summed E-state index contributed by atoms with van der Waals surface area (Å²) in [6.07, 6.45) is 1.51. The van der Waals surface area contributed by atoms with E-state index in [0.29, 0.717) is 17.0 Å². The van der Waals surface area contributed by atoms with Gasteiger partial charge in [-0.1, -0.05) is 42.1 Å². The van der Waals surface area contributed by atoms with E-state index in [1.54, 1.807) is 25.2 Å². The largest absolute Gasteiger partial charge is 0.482 e. The monoisotopic (exact) mass is 405 g/mol. The van der Waals surface area contributed by atoms with Gasteiger partial charge in [0.15, 0.2) is 12.4 Å². The maximum atomic E-state index is 13.0. The van der Waals surface area contributed by atoms with E-state index >= 15 is 0 Å². The number of ether oxygens (including phenoxy) is 1. The molecule has 0 saturated carbocycles. The lowest BCUT2D eigenvalue weighted by Crippen LogP contribution is -2.35. The molecule has 1 atom stereocenters. The van der Waals surface area contributed by atoms with Gasteiger partial charge in [0, 0.05) is 18.2 Å². The molecule has 0 aliphatic carbocycles. The molecule has 4 rings (SSSR count). The van der Waals surface area contributed by atoms with Crippen molar-refractivity contribution in [1.29, 1.82) is 0 Å². The lowest BCUT2D eigenvalue weighted by atomic mass is 10.1. The van der Waals surface area contributed by atoms with Crippen LogP contribution >= 0.6 is 11.8 Å². The van der Waals surface area contributed by atoms with Crippen molar-refractivity contribution < 1.29 is 14.3 Å². The first-order valence-electron chi connectivity index (χ1n) is 9.14. The van der Waals surface area contributed by atoms with E-state index in [4.69, 9.17) is 4.74 Å². The number of Topliss-reactive ketones (excluding diaryl/α,β-unsaturated/α-hetero) is 1. The summed E-state index contributed by atoms with van der Waals surface area (Å²) in [5.41, 5.74) is 2.95. The number of nitrogens with zero attached hydrogens (tertiary/aromatic N) is 3. The topological polar surface area (TPSA) is 72.4 Å². The average molecular weight is 405 g/mol. The van der Waals surface area contributed by atoms with Crippen LogP contribution in [0.2, 0.25) is 0 Å². The van der Waals surface area contributed by atoms with Crippen LogP contribution < -0.4 is 9.64 Å². The zero-order valence-electron chi connectivity index (χ0n) is 16.0. The van der Waals surface area contributed by atoms with E-state index < -0.39 is 0 Å². The van der Waals surface area contributed by atoms with E-state index in [1.807, 2.05) is 43.3 Å². The van der Waals surface area contributed by atoms with Crippen molar-refractivity contribution in [2.75, 3.05) is 18.6 Å². The van der Waals surface area contributed by atoms with Gasteiger partial charge in [-0.3, -0.25) is 9.59 Å². The predicted octanol–water partition coefficient (Wildman–Crippen LogP) is 3.86. The lowest BCUT2D eigenvalue weighted by molar-refractivity contribution is -0.120. The van der Waals surface area contributed by atoms with Crippen molar-refractivity contribution in [2.24, 2.45) is 0 Å². The highest BCUT2D eigenvalue weighted by Crippen LogP contribution is 2.33. The fourth-order valence-electron chi connectivity index (χ4n) is 3.07. The third kappa shape index (κ3) is 4.00. The Labute approximate surface area is 172 Å². The maximum absolute atomic E-state index is 13.0. The molecule has 0 fully saturated rings. The van der Waals surface area contributed by atoms with Gasteiger partial charge in [0.05, 0.1) is 16.6 Å². The van der Waals surface area contributed by atoms with Crippen LogP contribution in [-0.2, 0) is 4.79 Å². The molecule has 1 unspecified atom stereocenters. The van der Waals surface area contributed by atoms with Crippen molar-refractivity contribution in [3.8, 4) is 17.0 Å². The molecule has 1 amide bonds. The normalized spacial score (nSPS) is 14.1. The predicted molar refractivity (Wildman–Crippen MR) is 112 cm³/mol. The van der Waals surface area contributed by atoms with Crippen LogP contribution in [0.3, 0.4) is 0 Å². The highest BCUT2D eigenvalue weighted by atomic mass is 32.2. The van der Waals surface area contributed by atoms with Crippen molar-refractivity contribution in [2.45, 2.75) is 17.2 Å². The molecule has 1 aromatic heterocycles. The average Bonchev–Trinajstić information content (AvgIpc) is 2.76. The number of carbonyl (C=O) groups excluding carboxylic acids is 2. The van der Waals surface area contributed by atoms with E-state index in [2.05, 4.69) is 9.97 Å². The molecular formula is C22H19N3O3S. The van der Waals surface area contributed by atoms with Gasteiger partial charge in [0.2, 0.25) is 0 Å². The van der Waals surface area contributed by atoms with Gasteiger partial charge < -0.3 is 9.64 Å². The van der Waals surface area contributed by atoms with Crippen LogP contribution in [0.4, 0.5) is 5.69 Å². The van der Waals surface area contributed by atoms with Gasteiger partial charge in [-0.05, 0) is 31.2 Å². The summed E-state index contributed by atoms with van der Waals surface area (Å²) in [5.74, 6) is 0.426. The number of anilines is 1. The summed E-state index contributed by atoms with van der Waals surface area (Å²) in [5, 5.41) is 0.380. The second-order valence-electron chi connectivity index (χ2n) is 6.66. The summed E-state index contributed by atoms with van der Waals surface area (Å²) in [6.45, 7) is 1.86. The molecule has 0 N–H and O–H groups in total. The minimum Gasteiger partial charge on any atom is -0.482 e. The number of aromatic nitrogens is 2. The number of likely N-dealkylation sites (N-methyl/N-ethyl adjacent to an activating group) is 1. The maximum Gasteiger partial charge on any atom is 0.264 e. The number of thioether (sulfide) groups is 1. The van der Waals surface area contributed by atoms with Crippen LogP contribution in [0.5, 0.6) is 5.75 Å². The molecule has 1 aliphatic heterocycles. The second kappa shape index (κ2) is 8.05. The Morgan fingerprint density at radius 1 is 1.14 bits per heavy atom. The third-order valence-electron chi connectivity index (χ3n) is 4.71. The molecule has 0 saturated heterocycles. The van der Waals surface area contributed by atoms with Crippen LogP contribution in [0.1, 0.15) is 17.3 Å². The molecule has 1 aliphatic rings. The standard InChI is InChI=1S/C22H19N3O3S/c1-14(29-20-11-17(23-13-24-20)15-6-4-3-5-7-15)22(27)16-8-9-19-18(10-16)25(2)21(26)12-28-19/h3-11,13-14H,12H2,1-2H3. The van der Waals surface area contributed by atoms with Crippen molar-refractivity contribution in [3.63, 3.8) is 0 Å². The van der Waals surface area contributed by atoms with E-state index in [0.717, 1.165) is 16.3 Å². The number of hydrogen-bond donors (Lipinski definition) is 0. The molecule has 0 radical (unpaired) electrons. The van der Waals surface area contributed by atoms with E-state index in [1.165, 1.54) is 23.0 Å². The Bertz CT molecular complexity index is 1070. The van der Waals surface area contributed by atoms with Crippen molar-refractivity contribution in [3.05, 3.63) is 66.5 Å².